The number of methoxy groups -OCH3 is 1. The van der Waals surface area contributed by atoms with Crippen molar-refractivity contribution < 1.29 is 47.2 Å². The molecule has 10 nitrogen and oxygen atoms in total. The quantitative estimate of drug-likeness (QED) is 0.0352. The number of ether oxygens (including phenoxy) is 7. The number of hydrogen-bond acceptors (Lipinski definition) is 10. The normalized spacial score (nSPS) is 18.6. The molecule has 14 heteroatoms. The van der Waals surface area contributed by atoms with E-state index in [0.717, 1.165) is 17.7 Å². The summed E-state index contributed by atoms with van der Waals surface area (Å²) in [5.74, 6) is -0.838. The zero-order chi connectivity index (χ0) is 49.8. The Kier molecular flexibility index (Phi) is 20.8. The van der Waals surface area contributed by atoms with Crippen molar-refractivity contribution in [2.75, 3.05) is 27.1 Å². The van der Waals surface area contributed by atoms with Crippen LogP contribution in [-0.2, 0) is 28.1 Å². The molecule has 1 aliphatic rings. The zero-order valence-electron chi connectivity index (χ0n) is 43.5. The Bertz CT molecular complexity index is 2040. The topological polar surface area (TPSA) is 108 Å². The minimum absolute atomic E-state index is 0.0115. The van der Waals surface area contributed by atoms with Crippen molar-refractivity contribution in [1.82, 2.24) is 0 Å². The molecule has 67 heavy (non-hydrogen) atoms. The molecule has 0 radical (unpaired) electrons. The number of hydrogen-bond donors (Lipinski definition) is 0. The number of carbonyl (C=O) groups is 2. The number of benzene rings is 3. The standard InChI is InChI=1S/C53H82O10SeSi3/c1-38(39(2)63-67(15,16)52(3,4)5)27-28-44(60-50(54)40-23-19-17-20-24-40)49-45(61-53(6,7)62-49)29-30-47(64-42-25-21-18-22-26-42)43-35-41(57-31-33-65(9,10)11)36-46(59-37-56-8)48(43)51(55)58-32-34-66(12,13)14/h17-28,35-36,38-39,44-45,47,49H,29-34,37H2,1-16H3/b28-27-/t38?,39-,44-,45-,47?,49?/m0/s1. The van der Waals surface area contributed by atoms with Crippen molar-refractivity contribution >= 4 is 55.8 Å². The molecule has 0 bridgehead atoms. The average molecular weight is 1040 g/mol. The molecule has 0 spiro atoms. The fourth-order valence-electron chi connectivity index (χ4n) is 7.19. The Morgan fingerprint density at radius 3 is 2.01 bits per heavy atom. The van der Waals surface area contributed by atoms with Crippen LogP contribution in [0.4, 0.5) is 0 Å². The Morgan fingerprint density at radius 2 is 1.42 bits per heavy atom. The average Bonchev–Trinajstić information content (AvgIpc) is 3.55. The molecule has 1 aliphatic heterocycles. The fourth-order valence-corrected chi connectivity index (χ4v) is 12.7. The molecule has 4 rings (SSSR count). The molecule has 1 saturated heterocycles. The summed E-state index contributed by atoms with van der Waals surface area (Å²) in [5, 5.41) is 0.0567. The van der Waals surface area contributed by atoms with Gasteiger partial charge in [0, 0.05) is 0 Å². The summed E-state index contributed by atoms with van der Waals surface area (Å²) in [6, 6.07) is 25.0. The predicted octanol–water partition coefficient (Wildman–Crippen LogP) is 12.1. The third-order valence-electron chi connectivity index (χ3n) is 12.4. The van der Waals surface area contributed by atoms with Crippen molar-refractivity contribution in [3.8, 4) is 11.5 Å². The molecule has 0 saturated carbocycles. The van der Waals surface area contributed by atoms with Crippen LogP contribution >= 0.6 is 0 Å². The molecular weight excluding hydrogens is 960 g/mol. The molecule has 0 amide bonds. The van der Waals surface area contributed by atoms with Crippen LogP contribution in [-0.4, -0.2) is 109 Å². The molecule has 1 fully saturated rings. The van der Waals surface area contributed by atoms with E-state index in [9.17, 15) is 9.59 Å². The van der Waals surface area contributed by atoms with E-state index in [1.807, 2.05) is 62.4 Å². The molecule has 3 aromatic rings. The van der Waals surface area contributed by atoms with Crippen LogP contribution in [0.2, 0.25) is 69.5 Å². The van der Waals surface area contributed by atoms with Gasteiger partial charge < -0.3 is 0 Å². The van der Waals surface area contributed by atoms with E-state index in [2.05, 4.69) is 105 Å². The summed E-state index contributed by atoms with van der Waals surface area (Å²) >= 11 is -0.177. The summed E-state index contributed by atoms with van der Waals surface area (Å²) in [4.78, 5) is 28.2. The van der Waals surface area contributed by atoms with Crippen LogP contribution in [0.15, 0.2) is 84.9 Å². The second kappa shape index (κ2) is 24.7. The van der Waals surface area contributed by atoms with Gasteiger partial charge >= 0.3 is 376 Å². The van der Waals surface area contributed by atoms with Crippen molar-refractivity contribution in [1.29, 1.82) is 0 Å². The summed E-state index contributed by atoms with van der Waals surface area (Å²) in [7, 11) is -3.43. The van der Waals surface area contributed by atoms with Crippen LogP contribution in [0.3, 0.4) is 0 Å². The summed E-state index contributed by atoms with van der Waals surface area (Å²) in [6.07, 6.45) is 3.20. The van der Waals surface area contributed by atoms with E-state index in [0.29, 0.717) is 48.7 Å². The molecule has 372 valence electrons. The number of rotatable bonds is 25. The predicted molar refractivity (Wildman–Crippen MR) is 280 cm³/mol. The van der Waals surface area contributed by atoms with Crippen LogP contribution in [0, 0.1) is 5.92 Å². The van der Waals surface area contributed by atoms with Gasteiger partial charge in [0.1, 0.15) is 0 Å². The second-order valence-corrected chi connectivity index (χ2v) is 40.9. The monoisotopic (exact) mass is 1040 g/mol. The van der Waals surface area contributed by atoms with E-state index in [1.54, 1.807) is 25.3 Å². The van der Waals surface area contributed by atoms with E-state index >= 15 is 0 Å². The van der Waals surface area contributed by atoms with E-state index < -0.39 is 60.5 Å². The molecule has 0 aromatic heterocycles. The molecule has 0 N–H and O–H groups in total. The number of carbonyl (C=O) groups excluding carboxylic acids is 2. The molecule has 6 atom stereocenters. The Balaban J connectivity index is 1.80. The number of esters is 2. The van der Waals surface area contributed by atoms with Gasteiger partial charge in [-0.05, 0) is 18.1 Å². The van der Waals surface area contributed by atoms with Crippen molar-refractivity contribution in [3.63, 3.8) is 0 Å². The van der Waals surface area contributed by atoms with Crippen LogP contribution in [0.5, 0.6) is 11.5 Å². The van der Waals surface area contributed by atoms with E-state index in [1.165, 1.54) is 4.46 Å². The van der Waals surface area contributed by atoms with Gasteiger partial charge in [-0.15, -0.1) is 0 Å². The first kappa shape index (κ1) is 56.5. The molecular formula is C53H82O10SeSi3. The minimum atomic E-state index is -2.06. The zero-order valence-corrected chi connectivity index (χ0v) is 48.2. The van der Waals surface area contributed by atoms with Crippen LogP contribution in [0.25, 0.3) is 0 Å². The first-order valence-electron chi connectivity index (χ1n) is 24.0. The van der Waals surface area contributed by atoms with Crippen LogP contribution in [0.1, 0.15) is 92.4 Å². The first-order chi connectivity index (χ1) is 31.2. The van der Waals surface area contributed by atoms with Crippen molar-refractivity contribution in [2.24, 2.45) is 5.92 Å². The summed E-state index contributed by atoms with van der Waals surface area (Å²) in [6.45, 7) is 33.9. The third kappa shape index (κ3) is 18.3. The first-order valence-corrected chi connectivity index (χ1v) is 36.1. The molecule has 3 unspecified atom stereocenters. The Hall–Kier alpha value is -3.05. The van der Waals surface area contributed by atoms with Gasteiger partial charge in [-0.3, -0.25) is 0 Å². The van der Waals surface area contributed by atoms with Gasteiger partial charge in [0.25, 0.3) is 0 Å². The Labute approximate surface area is 412 Å². The second-order valence-electron chi connectivity index (χ2n) is 22.2. The summed E-state index contributed by atoms with van der Waals surface area (Å²) in [5.41, 5.74) is 1.63. The van der Waals surface area contributed by atoms with Gasteiger partial charge in [-0.2, -0.15) is 0 Å². The van der Waals surface area contributed by atoms with Gasteiger partial charge in [0.15, 0.2) is 0 Å². The van der Waals surface area contributed by atoms with Gasteiger partial charge in [-0.1, -0.05) is 20.8 Å². The maximum absolute atomic E-state index is 14.5. The molecule has 0 aliphatic carbocycles. The van der Waals surface area contributed by atoms with Crippen molar-refractivity contribution in [3.05, 3.63) is 102 Å². The van der Waals surface area contributed by atoms with E-state index in [-0.39, 0.29) is 43.6 Å². The van der Waals surface area contributed by atoms with Gasteiger partial charge in [0.2, 0.25) is 0 Å². The Morgan fingerprint density at radius 1 is 0.806 bits per heavy atom. The molecule has 1 heterocycles. The van der Waals surface area contributed by atoms with E-state index in [4.69, 9.17) is 37.6 Å². The van der Waals surface area contributed by atoms with Crippen molar-refractivity contribution in [2.45, 2.75) is 166 Å². The van der Waals surface area contributed by atoms with Gasteiger partial charge in [0.05, 0.1) is 0 Å². The fraction of sp³-hybridized carbons (Fsp3) is 0.585. The SMILES string of the molecule is COCOc1cc(OCC[Si](C)(C)C)cc(C(CC[C@@H]2OC(C)(C)OC2[C@H](/C=C\C(C)[C@H](C)O[Si](C)(C)C(C)(C)C)OC(=O)c2ccccc2)[Se]c2ccccc2)c1C(=O)OCC[Si](C)(C)C. The molecule has 3 aromatic carbocycles. The maximum atomic E-state index is 14.5. The third-order valence-corrected chi connectivity index (χ3v) is 23.1. The summed E-state index contributed by atoms with van der Waals surface area (Å²) < 4.78 is 52.1. The van der Waals surface area contributed by atoms with Crippen LogP contribution < -0.4 is 13.9 Å². The van der Waals surface area contributed by atoms with Gasteiger partial charge in [-0.25, -0.2) is 0 Å².